The number of amides is 2. The molecule has 2 N–H and O–H groups in total. The molecule has 27 heavy (non-hydrogen) atoms. The highest BCUT2D eigenvalue weighted by Gasteiger charge is 2.23. The SMILES string of the molecule is CCOc1ccc(NC(=O)[C@H](CC(C)C)NC(=O)c2ccccc2C)cc1. The average Bonchev–Trinajstić information content (AvgIpc) is 2.63. The van der Waals surface area contributed by atoms with E-state index in [0.717, 1.165) is 11.3 Å². The Morgan fingerprint density at radius 3 is 2.30 bits per heavy atom. The molecule has 2 aromatic carbocycles. The molecule has 0 spiro atoms. The first kappa shape index (κ1) is 20.5. The summed E-state index contributed by atoms with van der Waals surface area (Å²) in [6, 6.07) is 13.9. The number of aryl methyl sites for hydroxylation is 1. The zero-order chi connectivity index (χ0) is 19.8. The fraction of sp³-hybridized carbons (Fsp3) is 0.364. The van der Waals surface area contributed by atoms with Crippen molar-refractivity contribution in [3.63, 3.8) is 0 Å². The van der Waals surface area contributed by atoms with Gasteiger partial charge in [-0.05, 0) is 62.1 Å². The molecular weight excluding hydrogens is 340 g/mol. The van der Waals surface area contributed by atoms with Crippen molar-refractivity contribution in [3.05, 3.63) is 59.7 Å². The molecule has 5 nitrogen and oxygen atoms in total. The van der Waals surface area contributed by atoms with Crippen LogP contribution in [0.25, 0.3) is 0 Å². The predicted octanol–water partition coefficient (Wildman–Crippen LogP) is 4.18. The summed E-state index contributed by atoms with van der Waals surface area (Å²) in [4.78, 5) is 25.4. The third kappa shape index (κ3) is 6.13. The second-order valence-corrected chi connectivity index (χ2v) is 6.92. The third-order valence-corrected chi connectivity index (χ3v) is 4.15. The molecule has 0 aliphatic rings. The smallest absolute Gasteiger partial charge is 0.252 e. The maximum atomic E-state index is 12.8. The Morgan fingerprint density at radius 2 is 1.70 bits per heavy atom. The van der Waals surface area contributed by atoms with Gasteiger partial charge >= 0.3 is 0 Å². The normalized spacial score (nSPS) is 11.7. The van der Waals surface area contributed by atoms with Crippen molar-refractivity contribution in [1.82, 2.24) is 5.32 Å². The molecule has 0 aliphatic heterocycles. The minimum atomic E-state index is -0.608. The second kappa shape index (κ2) is 9.76. The van der Waals surface area contributed by atoms with E-state index < -0.39 is 6.04 Å². The molecule has 0 saturated heterocycles. The number of ether oxygens (including phenoxy) is 1. The molecule has 0 radical (unpaired) electrons. The van der Waals surface area contributed by atoms with Crippen molar-refractivity contribution in [2.75, 3.05) is 11.9 Å². The van der Waals surface area contributed by atoms with Crippen LogP contribution in [0.4, 0.5) is 5.69 Å². The van der Waals surface area contributed by atoms with Gasteiger partial charge in [-0.15, -0.1) is 0 Å². The quantitative estimate of drug-likeness (QED) is 0.735. The Bertz CT molecular complexity index is 769. The topological polar surface area (TPSA) is 67.4 Å². The first-order valence-corrected chi connectivity index (χ1v) is 9.31. The monoisotopic (exact) mass is 368 g/mol. The molecule has 5 heteroatoms. The van der Waals surface area contributed by atoms with Gasteiger partial charge in [-0.3, -0.25) is 9.59 Å². The molecule has 0 aliphatic carbocycles. The van der Waals surface area contributed by atoms with Gasteiger partial charge < -0.3 is 15.4 Å². The summed E-state index contributed by atoms with van der Waals surface area (Å²) >= 11 is 0. The molecule has 0 saturated carbocycles. The summed E-state index contributed by atoms with van der Waals surface area (Å²) in [6.07, 6.45) is 0.556. The number of rotatable bonds is 8. The van der Waals surface area contributed by atoms with E-state index >= 15 is 0 Å². The van der Waals surface area contributed by atoms with E-state index in [2.05, 4.69) is 10.6 Å². The fourth-order valence-electron chi connectivity index (χ4n) is 2.80. The Labute approximate surface area is 161 Å². The van der Waals surface area contributed by atoms with Gasteiger partial charge in [0.2, 0.25) is 5.91 Å². The molecule has 2 amide bonds. The maximum absolute atomic E-state index is 12.8. The van der Waals surface area contributed by atoms with Crippen LogP contribution in [0, 0.1) is 12.8 Å². The maximum Gasteiger partial charge on any atom is 0.252 e. The number of hydrogen-bond donors (Lipinski definition) is 2. The van der Waals surface area contributed by atoms with Crippen molar-refractivity contribution in [2.45, 2.75) is 40.2 Å². The third-order valence-electron chi connectivity index (χ3n) is 4.15. The summed E-state index contributed by atoms with van der Waals surface area (Å²) in [6.45, 7) is 8.44. The van der Waals surface area contributed by atoms with Gasteiger partial charge in [-0.2, -0.15) is 0 Å². The summed E-state index contributed by atoms with van der Waals surface area (Å²) in [5.74, 6) is 0.552. The molecule has 0 fully saturated rings. The van der Waals surface area contributed by atoms with Gasteiger partial charge in [-0.25, -0.2) is 0 Å². The highest BCUT2D eigenvalue weighted by molar-refractivity contribution is 6.01. The number of hydrogen-bond acceptors (Lipinski definition) is 3. The lowest BCUT2D eigenvalue weighted by molar-refractivity contribution is -0.118. The van der Waals surface area contributed by atoms with E-state index in [1.807, 2.05) is 58.0 Å². The number of anilines is 1. The minimum Gasteiger partial charge on any atom is -0.494 e. The van der Waals surface area contributed by atoms with Crippen LogP contribution >= 0.6 is 0 Å². The van der Waals surface area contributed by atoms with E-state index in [1.54, 1.807) is 18.2 Å². The lowest BCUT2D eigenvalue weighted by atomic mass is 10.0. The lowest BCUT2D eigenvalue weighted by Crippen LogP contribution is -2.44. The zero-order valence-electron chi connectivity index (χ0n) is 16.4. The van der Waals surface area contributed by atoms with Gasteiger partial charge in [0.05, 0.1) is 6.61 Å². The average molecular weight is 368 g/mol. The van der Waals surface area contributed by atoms with E-state index in [9.17, 15) is 9.59 Å². The summed E-state index contributed by atoms with van der Waals surface area (Å²) in [7, 11) is 0. The van der Waals surface area contributed by atoms with Crippen LogP contribution in [0.1, 0.15) is 43.1 Å². The van der Waals surface area contributed by atoms with Gasteiger partial charge in [0, 0.05) is 11.3 Å². The van der Waals surface area contributed by atoms with Gasteiger partial charge in [0.15, 0.2) is 0 Å². The van der Waals surface area contributed by atoms with E-state index in [-0.39, 0.29) is 17.7 Å². The van der Waals surface area contributed by atoms with Crippen molar-refractivity contribution < 1.29 is 14.3 Å². The number of carbonyl (C=O) groups is 2. The first-order valence-electron chi connectivity index (χ1n) is 9.31. The summed E-state index contributed by atoms with van der Waals surface area (Å²) in [5.41, 5.74) is 2.13. The Hall–Kier alpha value is -2.82. The molecule has 144 valence electrons. The largest absolute Gasteiger partial charge is 0.494 e. The molecular formula is C22H28N2O3. The molecule has 2 aromatic rings. The van der Waals surface area contributed by atoms with Crippen LogP contribution in [-0.2, 0) is 4.79 Å². The van der Waals surface area contributed by atoms with E-state index in [4.69, 9.17) is 4.74 Å². The minimum absolute atomic E-state index is 0.227. The van der Waals surface area contributed by atoms with Crippen LogP contribution in [0.3, 0.4) is 0 Å². The molecule has 1 atom stereocenters. The van der Waals surface area contributed by atoms with Gasteiger partial charge in [0.1, 0.15) is 11.8 Å². The fourth-order valence-corrected chi connectivity index (χ4v) is 2.80. The Kier molecular flexibility index (Phi) is 7.41. The molecule has 2 rings (SSSR count). The summed E-state index contributed by atoms with van der Waals surface area (Å²) < 4.78 is 5.41. The van der Waals surface area contributed by atoms with Crippen LogP contribution in [0.2, 0.25) is 0 Å². The van der Waals surface area contributed by atoms with Crippen LogP contribution < -0.4 is 15.4 Å². The van der Waals surface area contributed by atoms with Crippen molar-refractivity contribution >= 4 is 17.5 Å². The Morgan fingerprint density at radius 1 is 1.04 bits per heavy atom. The second-order valence-electron chi connectivity index (χ2n) is 6.92. The van der Waals surface area contributed by atoms with Crippen LogP contribution in [-0.4, -0.2) is 24.5 Å². The first-order chi connectivity index (χ1) is 12.9. The highest BCUT2D eigenvalue weighted by atomic mass is 16.5. The predicted molar refractivity (Wildman–Crippen MR) is 108 cm³/mol. The van der Waals surface area contributed by atoms with E-state index in [1.165, 1.54) is 0 Å². The van der Waals surface area contributed by atoms with Crippen LogP contribution in [0.15, 0.2) is 48.5 Å². The number of carbonyl (C=O) groups excluding carboxylic acids is 2. The van der Waals surface area contributed by atoms with E-state index in [0.29, 0.717) is 24.3 Å². The molecule has 0 heterocycles. The van der Waals surface area contributed by atoms with Gasteiger partial charge in [0.25, 0.3) is 5.91 Å². The van der Waals surface area contributed by atoms with Crippen LogP contribution in [0.5, 0.6) is 5.75 Å². The zero-order valence-corrected chi connectivity index (χ0v) is 16.4. The lowest BCUT2D eigenvalue weighted by Gasteiger charge is -2.21. The molecule has 0 bridgehead atoms. The van der Waals surface area contributed by atoms with Gasteiger partial charge in [-0.1, -0.05) is 32.0 Å². The molecule has 0 aromatic heterocycles. The Balaban J connectivity index is 2.09. The number of nitrogens with one attached hydrogen (secondary N) is 2. The van der Waals surface area contributed by atoms with Crippen molar-refractivity contribution in [1.29, 1.82) is 0 Å². The number of benzene rings is 2. The highest BCUT2D eigenvalue weighted by Crippen LogP contribution is 2.17. The standard InChI is InChI=1S/C22H28N2O3/c1-5-27-18-12-10-17(11-13-18)23-22(26)20(14-15(2)3)24-21(25)19-9-7-6-8-16(19)4/h6-13,15,20H,5,14H2,1-4H3,(H,23,26)(H,24,25)/t20-/m0/s1. The van der Waals surface area contributed by atoms with Crippen molar-refractivity contribution in [3.8, 4) is 5.75 Å². The molecule has 0 unspecified atom stereocenters. The van der Waals surface area contributed by atoms with Crippen molar-refractivity contribution in [2.24, 2.45) is 5.92 Å². The summed E-state index contributed by atoms with van der Waals surface area (Å²) in [5, 5.41) is 5.76.